The van der Waals surface area contributed by atoms with Gasteiger partial charge in [0.2, 0.25) is 5.36 Å². The highest BCUT2D eigenvalue weighted by atomic mass is 16.4. The highest BCUT2D eigenvalue weighted by molar-refractivity contribution is 6.13. The van der Waals surface area contributed by atoms with E-state index in [0.29, 0.717) is 33.6 Å². The summed E-state index contributed by atoms with van der Waals surface area (Å²) in [6.07, 6.45) is 3.90. The molecule has 0 amide bonds. The SMILES string of the molecule is CC[N+](CC)=c1ccc2c(-c3ccccc3C(=O)O)c3c(=O)oc4c5c6c(cc4c3oc-2c1)CCCN6CCC5. The number of carbonyl (C=O) groups is 1. The third-order valence-corrected chi connectivity index (χ3v) is 8.59. The molecule has 1 aromatic heterocycles. The van der Waals surface area contributed by atoms with Gasteiger partial charge in [0.25, 0.3) is 0 Å². The van der Waals surface area contributed by atoms with E-state index in [2.05, 4.69) is 29.4 Å². The Kier molecular flexibility index (Phi) is 5.77. The molecule has 3 aromatic rings. The average Bonchev–Trinajstić information content (AvgIpc) is 2.97. The van der Waals surface area contributed by atoms with Crippen LogP contribution in [0.15, 0.2) is 62.2 Å². The molecule has 0 saturated carbocycles. The van der Waals surface area contributed by atoms with E-state index in [1.165, 1.54) is 11.3 Å². The zero-order valence-electron chi connectivity index (χ0n) is 22.8. The van der Waals surface area contributed by atoms with Crippen LogP contribution in [0.25, 0.3) is 44.4 Å². The van der Waals surface area contributed by atoms with Crippen LogP contribution in [-0.4, -0.2) is 37.3 Å². The van der Waals surface area contributed by atoms with Gasteiger partial charge in [-0.25, -0.2) is 14.2 Å². The van der Waals surface area contributed by atoms with Crippen LogP contribution in [0.1, 0.15) is 48.2 Å². The van der Waals surface area contributed by atoms with Crippen LogP contribution in [-0.2, 0) is 12.8 Å². The molecule has 40 heavy (non-hydrogen) atoms. The zero-order chi connectivity index (χ0) is 27.5. The lowest BCUT2D eigenvalue weighted by molar-refractivity contribution is 0.0697. The van der Waals surface area contributed by atoms with Gasteiger partial charge in [-0.1, -0.05) is 18.2 Å². The number of benzene rings is 3. The highest BCUT2D eigenvalue weighted by Crippen LogP contribution is 2.45. The van der Waals surface area contributed by atoms with Crippen molar-refractivity contribution in [1.29, 1.82) is 0 Å². The van der Waals surface area contributed by atoms with E-state index in [1.54, 1.807) is 24.3 Å². The average molecular weight is 536 g/mol. The van der Waals surface area contributed by atoms with Crippen molar-refractivity contribution in [2.45, 2.75) is 39.5 Å². The number of hydrogen-bond donors (Lipinski definition) is 1. The third kappa shape index (κ3) is 3.60. The molecule has 3 aliphatic heterocycles. The molecule has 0 spiro atoms. The minimum absolute atomic E-state index is 0.125. The molecule has 0 radical (unpaired) electrons. The van der Waals surface area contributed by atoms with Gasteiger partial charge < -0.3 is 18.8 Å². The Labute approximate surface area is 230 Å². The van der Waals surface area contributed by atoms with Gasteiger partial charge >= 0.3 is 11.6 Å². The molecule has 4 aliphatic rings. The van der Waals surface area contributed by atoms with Crippen molar-refractivity contribution in [1.82, 2.24) is 4.58 Å². The van der Waals surface area contributed by atoms with Gasteiger partial charge in [-0.05, 0) is 68.9 Å². The third-order valence-electron chi connectivity index (χ3n) is 8.59. The Hall–Kier alpha value is -4.39. The van der Waals surface area contributed by atoms with Gasteiger partial charge in [0.15, 0.2) is 5.58 Å². The summed E-state index contributed by atoms with van der Waals surface area (Å²) in [4.78, 5) is 28.7. The van der Waals surface area contributed by atoms with Crippen molar-refractivity contribution in [3.8, 4) is 22.5 Å². The molecule has 7 heteroatoms. The van der Waals surface area contributed by atoms with E-state index < -0.39 is 11.6 Å². The summed E-state index contributed by atoms with van der Waals surface area (Å²) in [5.74, 6) is -0.451. The predicted octanol–water partition coefficient (Wildman–Crippen LogP) is 5.52. The maximum Gasteiger partial charge on any atom is 0.348 e. The number of nitrogens with zero attached hydrogens (tertiary/aromatic N) is 2. The summed E-state index contributed by atoms with van der Waals surface area (Å²) >= 11 is 0. The van der Waals surface area contributed by atoms with Gasteiger partial charge in [-0.2, -0.15) is 0 Å². The molecule has 0 saturated heterocycles. The summed E-state index contributed by atoms with van der Waals surface area (Å²) in [7, 11) is 0. The molecule has 7 rings (SSSR count). The number of hydrogen-bond acceptors (Lipinski definition) is 5. The smallest absolute Gasteiger partial charge is 0.348 e. The summed E-state index contributed by atoms with van der Waals surface area (Å²) in [5, 5.41) is 12.1. The van der Waals surface area contributed by atoms with Gasteiger partial charge in [0, 0.05) is 41.5 Å². The fraction of sp³-hybridized carbons (Fsp3) is 0.303. The molecule has 1 aliphatic carbocycles. The first kappa shape index (κ1) is 24.6. The lowest BCUT2D eigenvalue weighted by atomic mass is 9.88. The molecular weight excluding hydrogens is 504 g/mol. The van der Waals surface area contributed by atoms with Gasteiger partial charge in [0.05, 0.1) is 17.0 Å². The van der Waals surface area contributed by atoms with Crippen LogP contribution in [0.5, 0.6) is 0 Å². The number of anilines is 1. The van der Waals surface area contributed by atoms with Crippen LogP contribution >= 0.6 is 0 Å². The van der Waals surface area contributed by atoms with Crippen molar-refractivity contribution < 1.29 is 18.7 Å². The minimum Gasteiger partial charge on any atom is -0.478 e. The van der Waals surface area contributed by atoms with E-state index in [4.69, 9.17) is 8.83 Å². The largest absolute Gasteiger partial charge is 0.478 e. The standard InChI is InChI=1S/C33H30N2O5/c1-3-34(4-2)20-13-14-23-26(18-20)39-31-25-17-19-9-7-15-35-16-8-12-24(29(19)35)30(25)40-33(38)28(31)27(23)21-10-5-6-11-22(21)32(36)37/h5-6,10-11,13-14,17-18H,3-4,7-9,12,15-16H2,1-2H3/p+1. The van der Waals surface area contributed by atoms with E-state index >= 15 is 0 Å². The number of aromatic carboxylic acids is 1. The van der Waals surface area contributed by atoms with Crippen LogP contribution in [0, 0.1) is 0 Å². The van der Waals surface area contributed by atoms with Crippen LogP contribution < -0.4 is 20.5 Å². The Balaban J connectivity index is 1.70. The second-order valence-corrected chi connectivity index (χ2v) is 10.7. The molecular formula is C33H31N2O5+. The summed E-state index contributed by atoms with van der Waals surface area (Å²) in [6.45, 7) is 7.92. The van der Waals surface area contributed by atoms with E-state index in [0.717, 1.165) is 68.2 Å². The monoisotopic (exact) mass is 535 g/mol. The molecule has 7 nitrogen and oxygen atoms in total. The van der Waals surface area contributed by atoms with E-state index in [9.17, 15) is 14.7 Å². The van der Waals surface area contributed by atoms with Crippen molar-refractivity contribution >= 4 is 33.6 Å². The predicted molar refractivity (Wildman–Crippen MR) is 156 cm³/mol. The summed E-state index contributed by atoms with van der Waals surface area (Å²) in [6, 6.07) is 14.9. The van der Waals surface area contributed by atoms with E-state index in [1.807, 2.05) is 18.2 Å². The lowest BCUT2D eigenvalue weighted by Gasteiger charge is -2.37. The number of carboxylic acid groups (broad SMARTS) is 1. The number of rotatable bonds is 4. The van der Waals surface area contributed by atoms with Gasteiger partial charge in [0.1, 0.15) is 29.8 Å². The lowest BCUT2D eigenvalue weighted by Crippen LogP contribution is -2.34. The van der Waals surface area contributed by atoms with Crippen molar-refractivity contribution in [2.24, 2.45) is 0 Å². The second kappa shape index (κ2) is 9.37. The molecule has 0 fully saturated rings. The quantitative estimate of drug-likeness (QED) is 0.141. The Bertz CT molecular complexity index is 1940. The first-order valence-electron chi connectivity index (χ1n) is 14.2. The second-order valence-electron chi connectivity index (χ2n) is 10.7. The van der Waals surface area contributed by atoms with Crippen molar-refractivity contribution in [2.75, 3.05) is 31.1 Å². The molecule has 0 atom stereocenters. The van der Waals surface area contributed by atoms with Crippen LogP contribution in [0.2, 0.25) is 0 Å². The Morgan fingerprint density at radius 3 is 2.50 bits per heavy atom. The van der Waals surface area contributed by atoms with Crippen LogP contribution in [0.3, 0.4) is 0 Å². The number of fused-ring (bicyclic) bond motifs is 5. The topological polar surface area (TPSA) is 86.9 Å². The fourth-order valence-electron chi connectivity index (χ4n) is 6.81. The molecule has 2 aromatic carbocycles. The maximum atomic E-state index is 13.9. The van der Waals surface area contributed by atoms with Gasteiger partial charge in [-0.3, -0.25) is 0 Å². The number of carboxylic acids is 1. The molecule has 4 heterocycles. The first-order valence-corrected chi connectivity index (χ1v) is 14.2. The van der Waals surface area contributed by atoms with Crippen LogP contribution in [0.4, 0.5) is 5.69 Å². The van der Waals surface area contributed by atoms with E-state index in [-0.39, 0.29) is 10.9 Å². The van der Waals surface area contributed by atoms with Gasteiger partial charge in [-0.15, -0.1) is 0 Å². The minimum atomic E-state index is -1.05. The summed E-state index contributed by atoms with van der Waals surface area (Å²) < 4.78 is 15.1. The maximum absolute atomic E-state index is 13.9. The summed E-state index contributed by atoms with van der Waals surface area (Å²) in [5.41, 5.74) is 5.87. The Morgan fingerprint density at radius 2 is 1.73 bits per heavy atom. The van der Waals surface area contributed by atoms with Crippen molar-refractivity contribution in [3.63, 3.8) is 0 Å². The molecule has 0 unspecified atom stereocenters. The zero-order valence-corrected chi connectivity index (χ0v) is 22.8. The normalized spacial score (nSPS) is 14.6. The fourth-order valence-corrected chi connectivity index (χ4v) is 6.81. The van der Waals surface area contributed by atoms with Crippen molar-refractivity contribution in [3.05, 3.63) is 81.0 Å². The number of aryl methyl sites for hydroxylation is 2. The first-order chi connectivity index (χ1) is 19.5. The molecule has 1 N–H and O–H groups in total. The Morgan fingerprint density at radius 1 is 0.950 bits per heavy atom. The molecule has 0 bridgehead atoms. The highest BCUT2D eigenvalue weighted by Gasteiger charge is 2.30. The molecule has 202 valence electrons.